The minimum atomic E-state index is -4.67. The summed E-state index contributed by atoms with van der Waals surface area (Å²) in [5, 5.41) is 2.25. The molecule has 0 saturated heterocycles. The molecule has 0 fully saturated rings. The highest BCUT2D eigenvalue weighted by Gasteiger charge is 2.34. The van der Waals surface area contributed by atoms with E-state index in [2.05, 4.69) is 5.32 Å². The molecule has 3 aromatic rings. The van der Waals surface area contributed by atoms with Gasteiger partial charge in [-0.1, -0.05) is 17.7 Å². The Morgan fingerprint density at radius 3 is 2.30 bits per heavy atom. The summed E-state index contributed by atoms with van der Waals surface area (Å²) in [6.45, 7) is 6.27. The van der Waals surface area contributed by atoms with E-state index in [0.717, 1.165) is 23.3 Å². The number of rotatable bonds is 7. The quantitative estimate of drug-likeness (QED) is 0.391. The Morgan fingerprint density at radius 2 is 1.67 bits per heavy atom. The minimum absolute atomic E-state index is 0.0767. The first-order valence-corrected chi connectivity index (χ1v) is 10.6. The Morgan fingerprint density at radius 1 is 0.970 bits per heavy atom. The van der Waals surface area contributed by atoms with Gasteiger partial charge in [0.15, 0.2) is 0 Å². The standard InChI is InChI=1S/C25H23ClF3NO3/c1-4-32-23-8-5-17(12-18(23)14-33-20-10-15(2)9-16(3)11-20)24(31)30-22-7-6-19(26)13-21(22)25(27,28)29/h5-13H,4,14H2,1-3H3,(H,30,31). The van der Waals surface area contributed by atoms with Crippen molar-refractivity contribution in [2.45, 2.75) is 33.6 Å². The molecule has 0 saturated carbocycles. The molecule has 0 spiro atoms. The van der Waals surface area contributed by atoms with E-state index >= 15 is 0 Å². The van der Waals surface area contributed by atoms with Crippen LogP contribution < -0.4 is 14.8 Å². The van der Waals surface area contributed by atoms with Gasteiger partial charge in [0.2, 0.25) is 0 Å². The van der Waals surface area contributed by atoms with Gasteiger partial charge in [-0.15, -0.1) is 0 Å². The van der Waals surface area contributed by atoms with E-state index in [0.29, 0.717) is 23.7 Å². The zero-order valence-electron chi connectivity index (χ0n) is 18.3. The third kappa shape index (κ3) is 6.42. The number of nitrogens with one attached hydrogen (secondary N) is 1. The topological polar surface area (TPSA) is 47.6 Å². The molecule has 0 heterocycles. The fraction of sp³-hybridized carbons (Fsp3) is 0.240. The van der Waals surface area contributed by atoms with E-state index in [1.807, 2.05) is 39.0 Å². The lowest BCUT2D eigenvalue weighted by atomic mass is 10.1. The maximum absolute atomic E-state index is 13.4. The third-order valence-corrected chi connectivity index (χ3v) is 4.98. The number of halogens is 4. The second-order valence-corrected chi connectivity index (χ2v) is 7.95. The highest BCUT2D eigenvalue weighted by Crippen LogP contribution is 2.36. The number of aryl methyl sites for hydroxylation is 2. The summed E-state index contributed by atoms with van der Waals surface area (Å²) in [6, 6.07) is 13.6. The van der Waals surface area contributed by atoms with Gasteiger partial charge >= 0.3 is 6.18 Å². The number of hydrogen-bond donors (Lipinski definition) is 1. The summed E-state index contributed by atoms with van der Waals surface area (Å²) >= 11 is 5.71. The van der Waals surface area contributed by atoms with Crippen molar-refractivity contribution in [1.82, 2.24) is 0 Å². The van der Waals surface area contributed by atoms with Gasteiger partial charge in [0, 0.05) is 16.1 Å². The first-order chi connectivity index (χ1) is 15.6. The van der Waals surface area contributed by atoms with Crippen LogP contribution in [0.15, 0.2) is 54.6 Å². The fourth-order valence-corrected chi connectivity index (χ4v) is 3.53. The number of alkyl halides is 3. The van der Waals surface area contributed by atoms with Crippen molar-refractivity contribution in [2.24, 2.45) is 0 Å². The highest BCUT2D eigenvalue weighted by molar-refractivity contribution is 6.30. The number of carbonyl (C=O) groups is 1. The van der Waals surface area contributed by atoms with Gasteiger partial charge in [-0.3, -0.25) is 4.79 Å². The molecule has 174 valence electrons. The van der Waals surface area contributed by atoms with Gasteiger partial charge in [-0.05, 0) is 80.4 Å². The Balaban J connectivity index is 1.86. The molecule has 0 aliphatic carbocycles. The average molecular weight is 478 g/mol. The number of hydrogen-bond acceptors (Lipinski definition) is 3. The van der Waals surface area contributed by atoms with Crippen molar-refractivity contribution >= 4 is 23.2 Å². The molecule has 0 aromatic heterocycles. The van der Waals surface area contributed by atoms with Crippen molar-refractivity contribution in [1.29, 1.82) is 0 Å². The van der Waals surface area contributed by atoms with Gasteiger partial charge in [0.25, 0.3) is 5.91 Å². The largest absolute Gasteiger partial charge is 0.493 e. The Bertz CT molecular complexity index is 1140. The van der Waals surface area contributed by atoms with Crippen LogP contribution in [0.3, 0.4) is 0 Å². The van der Waals surface area contributed by atoms with Crippen LogP contribution in [-0.4, -0.2) is 12.5 Å². The maximum Gasteiger partial charge on any atom is 0.418 e. The van der Waals surface area contributed by atoms with Crippen LogP contribution >= 0.6 is 11.6 Å². The van der Waals surface area contributed by atoms with Crippen molar-refractivity contribution in [3.8, 4) is 11.5 Å². The third-order valence-electron chi connectivity index (χ3n) is 4.75. The lowest BCUT2D eigenvalue weighted by Crippen LogP contribution is -2.17. The van der Waals surface area contributed by atoms with Crippen LogP contribution in [0.1, 0.15) is 39.5 Å². The van der Waals surface area contributed by atoms with Crippen LogP contribution in [0, 0.1) is 13.8 Å². The zero-order chi connectivity index (χ0) is 24.2. The zero-order valence-corrected chi connectivity index (χ0v) is 19.1. The number of ether oxygens (including phenoxy) is 2. The van der Waals surface area contributed by atoms with E-state index in [-0.39, 0.29) is 22.9 Å². The van der Waals surface area contributed by atoms with Crippen molar-refractivity contribution in [2.75, 3.05) is 11.9 Å². The summed E-state index contributed by atoms with van der Waals surface area (Å²) in [7, 11) is 0. The SMILES string of the molecule is CCOc1ccc(C(=O)Nc2ccc(Cl)cc2C(F)(F)F)cc1COc1cc(C)cc(C)c1. The summed E-state index contributed by atoms with van der Waals surface area (Å²) in [5.41, 5.74) is 1.46. The summed E-state index contributed by atoms with van der Waals surface area (Å²) in [6.07, 6.45) is -4.67. The lowest BCUT2D eigenvalue weighted by molar-refractivity contribution is -0.136. The second kappa shape index (κ2) is 10.2. The Kier molecular flexibility index (Phi) is 7.53. The lowest BCUT2D eigenvalue weighted by Gasteiger charge is -2.16. The predicted molar refractivity (Wildman–Crippen MR) is 122 cm³/mol. The highest BCUT2D eigenvalue weighted by atomic mass is 35.5. The van der Waals surface area contributed by atoms with E-state index in [9.17, 15) is 18.0 Å². The molecule has 33 heavy (non-hydrogen) atoms. The van der Waals surface area contributed by atoms with Crippen molar-refractivity contribution in [3.05, 3.63) is 87.4 Å². The molecule has 1 N–H and O–H groups in total. The predicted octanol–water partition coefficient (Wildman–Crippen LogP) is 7.21. The smallest absolute Gasteiger partial charge is 0.418 e. The monoisotopic (exact) mass is 477 g/mol. The molecule has 0 bridgehead atoms. The number of carbonyl (C=O) groups excluding carboxylic acids is 1. The molecule has 3 aromatic carbocycles. The van der Waals surface area contributed by atoms with E-state index in [1.165, 1.54) is 12.1 Å². The molecule has 0 unspecified atom stereocenters. The first-order valence-electron chi connectivity index (χ1n) is 10.2. The molecule has 8 heteroatoms. The van der Waals surface area contributed by atoms with Crippen molar-refractivity contribution < 1.29 is 27.4 Å². The molecule has 0 aliphatic rings. The molecule has 0 aliphatic heterocycles. The van der Waals surface area contributed by atoms with Crippen molar-refractivity contribution in [3.63, 3.8) is 0 Å². The normalized spacial score (nSPS) is 11.2. The van der Waals surface area contributed by atoms with Crippen LogP contribution in [-0.2, 0) is 12.8 Å². The molecular formula is C25H23ClF3NO3. The van der Waals surface area contributed by atoms with E-state index < -0.39 is 17.6 Å². The minimum Gasteiger partial charge on any atom is -0.493 e. The van der Waals surface area contributed by atoms with E-state index in [1.54, 1.807) is 12.1 Å². The first kappa shape index (κ1) is 24.5. The van der Waals surface area contributed by atoms with Crippen LogP contribution in [0.25, 0.3) is 0 Å². The number of amides is 1. The summed E-state index contributed by atoms with van der Waals surface area (Å²) < 4.78 is 51.6. The van der Waals surface area contributed by atoms with E-state index in [4.69, 9.17) is 21.1 Å². The Hall–Kier alpha value is -3.19. The van der Waals surface area contributed by atoms with Gasteiger partial charge in [0.1, 0.15) is 18.1 Å². The fourth-order valence-electron chi connectivity index (χ4n) is 3.36. The molecule has 3 rings (SSSR count). The van der Waals surface area contributed by atoms with Crippen LogP contribution in [0.2, 0.25) is 5.02 Å². The van der Waals surface area contributed by atoms with Gasteiger partial charge < -0.3 is 14.8 Å². The molecule has 0 atom stereocenters. The molecular weight excluding hydrogens is 455 g/mol. The number of benzene rings is 3. The second-order valence-electron chi connectivity index (χ2n) is 7.51. The van der Waals surface area contributed by atoms with Crippen LogP contribution in [0.5, 0.6) is 11.5 Å². The maximum atomic E-state index is 13.4. The van der Waals surface area contributed by atoms with Gasteiger partial charge in [-0.2, -0.15) is 13.2 Å². The molecule has 4 nitrogen and oxygen atoms in total. The molecule has 0 radical (unpaired) electrons. The summed E-state index contributed by atoms with van der Waals surface area (Å²) in [4.78, 5) is 12.8. The van der Waals surface area contributed by atoms with Crippen LogP contribution in [0.4, 0.5) is 18.9 Å². The number of anilines is 1. The average Bonchev–Trinajstić information content (AvgIpc) is 2.73. The molecule has 1 amide bonds. The Labute approximate surface area is 195 Å². The van der Waals surface area contributed by atoms with Gasteiger partial charge in [-0.25, -0.2) is 0 Å². The van der Waals surface area contributed by atoms with Gasteiger partial charge in [0.05, 0.1) is 17.9 Å². The summed E-state index contributed by atoms with van der Waals surface area (Å²) in [5.74, 6) is 0.500.